The zero-order valence-electron chi connectivity index (χ0n) is 11.4. The number of nitrogens with zero attached hydrogens (tertiary/aromatic N) is 2. The van der Waals surface area contributed by atoms with Crippen molar-refractivity contribution in [1.29, 1.82) is 0 Å². The quantitative estimate of drug-likeness (QED) is 0.726. The number of hydrazine groups is 1. The summed E-state index contributed by atoms with van der Waals surface area (Å²) in [6.45, 7) is 0. The zero-order valence-corrected chi connectivity index (χ0v) is 12.2. The fourth-order valence-corrected chi connectivity index (χ4v) is 2.44. The van der Waals surface area contributed by atoms with Crippen molar-refractivity contribution in [3.8, 4) is 5.69 Å². The summed E-state index contributed by atoms with van der Waals surface area (Å²) in [5, 5.41) is 5.92. The van der Waals surface area contributed by atoms with Gasteiger partial charge in [0.15, 0.2) is 0 Å². The third kappa shape index (κ3) is 3.04. The maximum atomic E-state index is 12.0. The van der Waals surface area contributed by atoms with Crippen molar-refractivity contribution in [1.82, 2.24) is 20.6 Å². The minimum absolute atomic E-state index is 0.348. The normalized spacial score (nSPS) is 10.2. The lowest BCUT2D eigenvalue weighted by Gasteiger charge is -2.04. The molecule has 0 aliphatic rings. The summed E-state index contributed by atoms with van der Waals surface area (Å²) in [7, 11) is 0. The summed E-state index contributed by atoms with van der Waals surface area (Å²) in [5.74, 6) is -0.772. The molecule has 110 valence electrons. The molecule has 1 aromatic carbocycles. The monoisotopic (exact) mass is 312 g/mol. The molecule has 7 heteroatoms. The van der Waals surface area contributed by atoms with Crippen LogP contribution in [0.4, 0.5) is 0 Å². The molecule has 3 aromatic rings. The summed E-state index contributed by atoms with van der Waals surface area (Å²) < 4.78 is 1.59. The molecule has 0 fully saturated rings. The van der Waals surface area contributed by atoms with E-state index in [2.05, 4.69) is 16.0 Å². The molecule has 0 atom stereocenters. The Balaban J connectivity index is 1.64. The summed E-state index contributed by atoms with van der Waals surface area (Å²) >= 11 is 1.30. The van der Waals surface area contributed by atoms with Gasteiger partial charge in [-0.2, -0.15) is 5.10 Å². The van der Waals surface area contributed by atoms with Crippen LogP contribution in [0.3, 0.4) is 0 Å². The van der Waals surface area contributed by atoms with E-state index in [1.807, 2.05) is 30.3 Å². The highest BCUT2D eigenvalue weighted by Crippen LogP contribution is 2.08. The van der Waals surface area contributed by atoms with Gasteiger partial charge in [0.1, 0.15) is 0 Å². The highest BCUT2D eigenvalue weighted by atomic mass is 32.1. The number of para-hydroxylation sites is 1. The van der Waals surface area contributed by atoms with Gasteiger partial charge >= 0.3 is 0 Å². The Morgan fingerprint density at radius 3 is 2.50 bits per heavy atom. The Hall–Kier alpha value is -2.93. The van der Waals surface area contributed by atoms with Crippen LogP contribution in [0.15, 0.2) is 60.2 Å². The SMILES string of the molecule is O=C(NNC(=O)c1cccs1)c1cnn(-c2ccccc2)c1. The molecule has 0 aliphatic carbocycles. The molecular weight excluding hydrogens is 300 g/mol. The minimum atomic E-state index is -0.424. The van der Waals surface area contributed by atoms with Gasteiger partial charge in [-0.25, -0.2) is 4.68 Å². The predicted molar refractivity (Wildman–Crippen MR) is 82.8 cm³/mol. The number of thiophene rings is 1. The molecule has 0 unspecified atom stereocenters. The van der Waals surface area contributed by atoms with Crippen LogP contribution in [0.1, 0.15) is 20.0 Å². The first-order chi connectivity index (χ1) is 10.7. The summed E-state index contributed by atoms with van der Waals surface area (Å²) in [6, 6.07) is 12.9. The van der Waals surface area contributed by atoms with Gasteiger partial charge in [0.25, 0.3) is 11.8 Å². The Bertz CT molecular complexity index is 781. The van der Waals surface area contributed by atoms with Crippen LogP contribution in [0.25, 0.3) is 5.69 Å². The van der Waals surface area contributed by atoms with E-state index >= 15 is 0 Å². The van der Waals surface area contributed by atoms with Crippen molar-refractivity contribution < 1.29 is 9.59 Å². The fraction of sp³-hybridized carbons (Fsp3) is 0. The average molecular weight is 312 g/mol. The zero-order chi connectivity index (χ0) is 15.4. The first-order valence-electron chi connectivity index (χ1n) is 6.48. The van der Waals surface area contributed by atoms with E-state index in [1.54, 1.807) is 28.4 Å². The highest BCUT2D eigenvalue weighted by Gasteiger charge is 2.11. The fourth-order valence-electron chi connectivity index (χ4n) is 1.82. The van der Waals surface area contributed by atoms with Gasteiger partial charge in [-0.15, -0.1) is 11.3 Å². The van der Waals surface area contributed by atoms with E-state index in [9.17, 15) is 9.59 Å². The van der Waals surface area contributed by atoms with Gasteiger partial charge in [-0.05, 0) is 23.6 Å². The lowest BCUT2D eigenvalue weighted by atomic mass is 10.3. The van der Waals surface area contributed by atoms with Crippen molar-refractivity contribution in [2.75, 3.05) is 0 Å². The van der Waals surface area contributed by atoms with Crippen LogP contribution in [0.2, 0.25) is 0 Å². The molecule has 2 N–H and O–H groups in total. The van der Waals surface area contributed by atoms with Crippen molar-refractivity contribution in [3.63, 3.8) is 0 Å². The summed E-state index contributed by atoms with van der Waals surface area (Å²) in [4.78, 5) is 24.2. The van der Waals surface area contributed by atoms with Crippen molar-refractivity contribution >= 4 is 23.2 Å². The standard InChI is InChI=1S/C15H12N4O2S/c20-14(17-18-15(21)13-7-4-8-22-13)11-9-16-19(10-11)12-5-2-1-3-6-12/h1-10H,(H,17,20)(H,18,21). The molecule has 22 heavy (non-hydrogen) atoms. The topological polar surface area (TPSA) is 76.0 Å². The van der Waals surface area contributed by atoms with Gasteiger partial charge in [0.2, 0.25) is 0 Å². The predicted octanol–water partition coefficient (Wildman–Crippen LogP) is 2.01. The maximum Gasteiger partial charge on any atom is 0.279 e. The van der Waals surface area contributed by atoms with E-state index in [0.717, 1.165) is 5.69 Å². The first kappa shape index (κ1) is 14.0. The number of benzene rings is 1. The number of hydrogen-bond donors (Lipinski definition) is 2. The van der Waals surface area contributed by atoms with Crippen LogP contribution in [0.5, 0.6) is 0 Å². The molecule has 0 aliphatic heterocycles. The molecule has 2 heterocycles. The van der Waals surface area contributed by atoms with Crippen LogP contribution >= 0.6 is 11.3 Å². The molecule has 0 spiro atoms. The van der Waals surface area contributed by atoms with Crippen LogP contribution in [-0.2, 0) is 0 Å². The Morgan fingerprint density at radius 1 is 1.00 bits per heavy atom. The minimum Gasteiger partial charge on any atom is -0.267 e. The number of rotatable bonds is 3. The van der Waals surface area contributed by atoms with E-state index in [4.69, 9.17) is 0 Å². The number of carbonyl (C=O) groups excluding carboxylic acids is 2. The maximum absolute atomic E-state index is 12.0. The van der Waals surface area contributed by atoms with E-state index < -0.39 is 5.91 Å². The van der Waals surface area contributed by atoms with E-state index in [-0.39, 0.29) is 5.91 Å². The number of amides is 2. The number of aromatic nitrogens is 2. The van der Waals surface area contributed by atoms with Crippen LogP contribution in [0, 0.1) is 0 Å². The number of hydrogen-bond acceptors (Lipinski definition) is 4. The molecule has 2 amide bonds. The largest absolute Gasteiger partial charge is 0.279 e. The number of carbonyl (C=O) groups is 2. The third-order valence-corrected chi connectivity index (χ3v) is 3.77. The lowest BCUT2D eigenvalue weighted by Crippen LogP contribution is -2.41. The van der Waals surface area contributed by atoms with Gasteiger partial charge in [0.05, 0.1) is 22.3 Å². The van der Waals surface area contributed by atoms with Gasteiger partial charge in [-0.1, -0.05) is 24.3 Å². The van der Waals surface area contributed by atoms with Crippen LogP contribution in [-0.4, -0.2) is 21.6 Å². The van der Waals surface area contributed by atoms with E-state index in [0.29, 0.717) is 10.4 Å². The van der Waals surface area contributed by atoms with Gasteiger partial charge in [-0.3, -0.25) is 20.4 Å². The molecule has 3 rings (SSSR count). The first-order valence-corrected chi connectivity index (χ1v) is 7.36. The summed E-state index contributed by atoms with van der Waals surface area (Å²) in [5.41, 5.74) is 5.94. The van der Waals surface area contributed by atoms with Crippen molar-refractivity contribution in [2.45, 2.75) is 0 Å². The van der Waals surface area contributed by atoms with Crippen molar-refractivity contribution in [3.05, 3.63) is 70.7 Å². The van der Waals surface area contributed by atoms with E-state index in [1.165, 1.54) is 17.5 Å². The Labute approximate surface area is 130 Å². The smallest absolute Gasteiger partial charge is 0.267 e. The third-order valence-electron chi connectivity index (χ3n) is 2.90. The highest BCUT2D eigenvalue weighted by molar-refractivity contribution is 7.12. The summed E-state index contributed by atoms with van der Waals surface area (Å²) in [6.07, 6.45) is 3.04. The van der Waals surface area contributed by atoms with Gasteiger partial charge in [0, 0.05) is 6.20 Å². The molecule has 6 nitrogen and oxygen atoms in total. The lowest BCUT2D eigenvalue weighted by molar-refractivity contribution is 0.0849. The molecule has 0 saturated carbocycles. The molecule has 0 bridgehead atoms. The van der Waals surface area contributed by atoms with Gasteiger partial charge < -0.3 is 0 Å². The molecule has 0 saturated heterocycles. The molecular formula is C15H12N4O2S. The second-order valence-electron chi connectivity index (χ2n) is 4.39. The molecule has 0 radical (unpaired) electrons. The number of nitrogens with one attached hydrogen (secondary N) is 2. The van der Waals surface area contributed by atoms with Crippen molar-refractivity contribution in [2.24, 2.45) is 0 Å². The Morgan fingerprint density at radius 2 is 1.77 bits per heavy atom. The average Bonchev–Trinajstić information content (AvgIpc) is 3.24. The second-order valence-corrected chi connectivity index (χ2v) is 5.34. The molecule has 2 aromatic heterocycles. The van der Waals surface area contributed by atoms with Crippen LogP contribution < -0.4 is 10.9 Å². The second kappa shape index (κ2) is 6.23. The Kier molecular flexibility index (Phi) is 3.97.